The second-order valence-corrected chi connectivity index (χ2v) is 2.67. The maximum Gasteiger partial charge on any atom is 0.246 e. The lowest BCUT2D eigenvalue weighted by atomic mass is 10.2. The summed E-state index contributed by atoms with van der Waals surface area (Å²) in [6.07, 6.45) is 3.88. The quantitative estimate of drug-likeness (QED) is 0.616. The van der Waals surface area contributed by atoms with Crippen LogP contribution in [0.3, 0.4) is 0 Å². The predicted octanol–water partition coefficient (Wildman–Crippen LogP) is -0.356. The molecule has 12 heavy (non-hydrogen) atoms. The minimum absolute atomic E-state index is 0.0612. The zero-order chi connectivity index (χ0) is 8.55. The van der Waals surface area contributed by atoms with E-state index < -0.39 is 0 Å². The molecule has 1 N–H and O–H groups in total. The molecule has 1 aromatic heterocycles. The third kappa shape index (κ3) is 1.09. The lowest BCUT2D eigenvalue weighted by Crippen LogP contribution is -2.09. The fourth-order valence-electron chi connectivity index (χ4n) is 1.10. The Morgan fingerprint density at radius 3 is 3.00 bits per heavy atom. The minimum Gasteiger partial charge on any atom is -0.275 e. The van der Waals surface area contributed by atoms with Crippen LogP contribution < -0.4 is 5.43 Å². The van der Waals surface area contributed by atoms with Crippen molar-refractivity contribution < 1.29 is 4.79 Å². The highest BCUT2D eigenvalue weighted by molar-refractivity contribution is 6.13. The molecule has 0 aliphatic carbocycles. The SMILES string of the molecule is Cn1cc(C2=NNC(=O)C2)cn1. The standard InChI is InChI=1S/C7H8N4O/c1-11-4-5(3-8-11)6-2-7(12)10-9-6/h3-4H,2H2,1H3,(H,10,12). The van der Waals surface area contributed by atoms with Crippen LogP contribution in [0.2, 0.25) is 0 Å². The van der Waals surface area contributed by atoms with E-state index in [2.05, 4.69) is 15.6 Å². The van der Waals surface area contributed by atoms with Gasteiger partial charge < -0.3 is 0 Å². The first kappa shape index (κ1) is 7.02. The van der Waals surface area contributed by atoms with E-state index >= 15 is 0 Å². The molecule has 0 unspecified atom stereocenters. The Hall–Kier alpha value is -1.65. The smallest absolute Gasteiger partial charge is 0.246 e. The van der Waals surface area contributed by atoms with E-state index in [0.29, 0.717) is 6.42 Å². The average molecular weight is 164 g/mol. The van der Waals surface area contributed by atoms with Gasteiger partial charge in [-0.1, -0.05) is 0 Å². The Morgan fingerprint density at radius 2 is 2.50 bits per heavy atom. The summed E-state index contributed by atoms with van der Waals surface area (Å²) in [7, 11) is 1.83. The largest absolute Gasteiger partial charge is 0.275 e. The Labute approximate surface area is 69.1 Å². The molecule has 5 heteroatoms. The summed E-state index contributed by atoms with van der Waals surface area (Å²) in [5.74, 6) is -0.0612. The van der Waals surface area contributed by atoms with Gasteiger partial charge in [-0.25, -0.2) is 5.43 Å². The van der Waals surface area contributed by atoms with Gasteiger partial charge in [0.05, 0.1) is 18.3 Å². The molecule has 1 aliphatic rings. The van der Waals surface area contributed by atoms with Crippen molar-refractivity contribution in [2.75, 3.05) is 0 Å². The summed E-state index contributed by atoms with van der Waals surface area (Å²) in [6.45, 7) is 0. The van der Waals surface area contributed by atoms with Gasteiger partial charge in [0.25, 0.3) is 0 Å². The molecule has 2 heterocycles. The fourth-order valence-corrected chi connectivity index (χ4v) is 1.10. The molecule has 0 atom stereocenters. The molecule has 0 spiro atoms. The number of carbonyl (C=O) groups excluding carboxylic acids is 1. The van der Waals surface area contributed by atoms with Crippen molar-refractivity contribution >= 4 is 11.6 Å². The molecule has 0 saturated carbocycles. The lowest BCUT2D eigenvalue weighted by Gasteiger charge is -1.88. The summed E-state index contributed by atoms with van der Waals surface area (Å²) in [5, 5.41) is 7.85. The Morgan fingerprint density at radius 1 is 1.67 bits per heavy atom. The monoisotopic (exact) mass is 164 g/mol. The van der Waals surface area contributed by atoms with Gasteiger partial charge in [0, 0.05) is 18.8 Å². The highest BCUT2D eigenvalue weighted by Crippen LogP contribution is 2.06. The second-order valence-electron chi connectivity index (χ2n) is 2.67. The zero-order valence-corrected chi connectivity index (χ0v) is 6.61. The molecular weight excluding hydrogens is 156 g/mol. The number of rotatable bonds is 1. The van der Waals surface area contributed by atoms with Gasteiger partial charge in [0.1, 0.15) is 0 Å². The van der Waals surface area contributed by atoms with E-state index in [9.17, 15) is 4.79 Å². The molecular formula is C7H8N4O. The minimum atomic E-state index is -0.0612. The predicted molar refractivity (Wildman–Crippen MR) is 42.5 cm³/mol. The first-order chi connectivity index (χ1) is 5.75. The van der Waals surface area contributed by atoms with E-state index in [4.69, 9.17) is 0 Å². The van der Waals surface area contributed by atoms with Crippen molar-refractivity contribution in [3.05, 3.63) is 18.0 Å². The van der Waals surface area contributed by atoms with Gasteiger partial charge in [-0.15, -0.1) is 0 Å². The number of carbonyl (C=O) groups is 1. The molecule has 0 aromatic carbocycles. The summed E-state index contributed by atoms with van der Waals surface area (Å²) < 4.78 is 1.68. The van der Waals surface area contributed by atoms with Crippen LogP contribution in [0, 0.1) is 0 Å². The van der Waals surface area contributed by atoms with Crippen molar-refractivity contribution in [3.8, 4) is 0 Å². The van der Waals surface area contributed by atoms with Crippen LogP contribution in [-0.4, -0.2) is 21.4 Å². The van der Waals surface area contributed by atoms with E-state index in [1.165, 1.54) is 0 Å². The van der Waals surface area contributed by atoms with Gasteiger partial charge in [-0.2, -0.15) is 10.2 Å². The van der Waals surface area contributed by atoms with Gasteiger partial charge in [-0.05, 0) is 0 Å². The first-order valence-electron chi connectivity index (χ1n) is 3.60. The number of hydrogen-bond donors (Lipinski definition) is 1. The average Bonchev–Trinajstić information content (AvgIpc) is 2.58. The van der Waals surface area contributed by atoms with Gasteiger partial charge in [0.15, 0.2) is 0 Å². The van der Waals surface area contributed by atoms with Crippen LogP contribution in [0.15, 0.2) is 17.5 Å². The number of amides is 1. The fraction of sp³-hybridized carbons (Fsp3) is 0.286. The Kier molecular flexibility index (Phi) is 1.43. The molecule has 0 saturated heterocycles. The molecule has 1 aliphatic heterocycles. The molecule has 0 fully saturated rings. The number of hydrazone groups is 1. The van der Waals surface area contributed by atoms with Crippen LogP contribution >= 0.6 is 0 Å². The number of aromatic nitrogens is 2. The van der Waals surface area contributed by atoms with Crippen molar-refractivity contribution in [1.29, 1.82) is 0 Å². The van der Waals surface area contributed by atoms with Crippen LogP contribution in [0.4, 0.5) is 0 Å². The van der Waals surface area contributed by atoms with Gasteiger partial charge in [-0.3, -0.25) is 9.48 Å². The molecule has 1 aromatic rings. The van der Waals surface area contributed by atoms with Crippen molar-refractivity contribution in [2.24, 2.45) is 12.1 Å². The summed E-state index contributed by atoms with van der Waals surface area (Å²) in [5.41, 5.74) is 4.05. The summed E-state index contributed by atoms with van der Waals surface area (Å²) >= 11 is 0. The van der Waals surface area contributed by atoms with E-state index in [1.807, 2.05) is 13.2 Å². The number of nitrogens with zero attached hydrogens (tertiary/aromatic N) is 3. The third-order valence-electron chi connectivity index (χ3n) is 1.68. The topological polar surface area (TPSA) is 59.3 Å². The van der Waals surface area contributed by atoms with Crippen molar-refractivity contribution in [3.63, 3.8) is 0 Å². The molecule has 0 radical (unpaired) electrons. The zero-order valence-electron chi connectivity index (χ0n) is 6.61. The highest BCUT2D eigenvalue weighted by atomic mass is 16.2. The highest BCUT2D eigenvalue weighted by Gasteiger charge is 2.16. The van der Waals surface area contributed by atoms with Crippen LogP contribution in [0.25, 0.3) is 0 Å². The Balaban J connectivity index is 2.27. The van der Waals surface area contributed by atoms with Crippen LogP contribution in [0.1, 0.15) is 12.0 Å². The van der Waals surface area contributed by atoms with Gasteiger partial charge in [0.2, 0.25) is 5.91 Å². The number of nitrogens with one attached hydrogen (secondary N) is 1. The third-order valence-corrected chi connectivity index (χ3v) is 1.68. The summed E-state index contributed by atoms with van der Waals surface area (Å²) in [4.78, 5) is 10.8. The van der Waals surface area contributed by atoms with Crippen LogP contribution in [0.5, 0.6) is 0 Å². The molecule has 0 bridgehead atoms. The molecule has 62 valence electrons. The molecule has 2 rings (SSSR count). The molecule has 5 nitrogen and oxygen atoms in total. The maximum absolute atomic E-state index is 10.8. The van der Waals surface area contributed by atoms with Crippen LogP contribution in [-0.2, 0) is 11.8 Å². The lowest BCUT2D eigenvalue weighted by molar-refractivity contribution is -0.119. The molecule has 1 amide bonds. The summed E-state index contributed by atoms with van der Waals surface area (Å²) in [6, 6.07) is 0. The normalized spacial score (nSPS) is 16.1. The maximum atomic E-state index is 10.8. The van der Waals surface area contributed by atoms with E-state index in [1.54, 1.807) is 10.9 Å². The van der Waals surface area contributed by atoms with E-state index in [-0.39, 0.29) is 5.91 Å². The van der Waals surface area contributed by atoms with E-state index in [0.717, 1.165) is 11.3 Å². The van der Waals surface area contributed by atoms with Gasteiger partial charge >= 0.3 is 0 Å². The first-order valence-corrected chi connectivity index (χ1v) is 3.60. The number of hydrogen-bond acceptors (Lipinski definition) is 3. The Bertz CT molecular complexity index is 352. The number of aryl methyl sites for hydroxylation is 1. The second kappa shape index (κ2) is 2.44. The van der Waals surface area contributed by atoms with Crippen molar-refractivity contribution in [2.45, 2.75) is 6.42 Å². The van der Waals surface area contributed by atoms with Crippen molar-refractivity contribution in [1.82, 2.24) is 15.2 Å².